The van der Waals surface area contributed by atoms with Gasteiger partial charge in [-0.25, -0.2) is 4.99 Å². The fourth-order valence-electron chi connectivity index (χ4n) is 2.20. The number of benzene rings is 1. The van der Waals surface area contributed by atoms with Crippen molar-refractivity contribution in [1.82, 2.24) is 4.90 Å². The van der Waals surface area contributed by atoms with E-state index in [1.165, 1.54) is 0 Å². The molecule has 0 bridgehead atoms. The summed E-state index contributed by atoms with van der Waals surface area (Å²) in [5.74, 6) is 0.107. The zero-order chi connectivity index (χ0) is 17.7. The van der Waals surface area contributed by atoms with Crippen LogP contribution in [0.1, 0.15) is 23.4 Å². The highest BCUT2D eigenvalue weighted by molar-refractivity contribution is 7.10. The van der Waals surface area contributed by atoms with Gasteiger partial charge in [-0.15, -0.1) is 11.3 Å². The molecule has 1 heterocycles. The van der Waals surface area contributed by atoms with Gasteiger partial charge in [-0.05, 0) is 34.7 Å². The third-order valence-electron chi connectivity index (χ3n) is 3.68. The van der Waals surface area contributed by atoms with Gasteiger partial charge in [0.15, 0.2) is 5.96 Å². The van der Waals surface area contributed by atoms with E-state index in [9.17, 15) is 4.79 Å². The van der Waals surface area contributed by atoms with E-state index < -0.39 is 0 Å². The topological polar surface area (TPSA) is 82.5 Å². The number of nitrogens with zero attached hydrogens (tertiary/aromatic N) is 3. The second-order valence-corrected chi connectivity index (χ2v) is 6.69. The average molecular weight is 340 g/mol. The largest absolute Gasteiger partial charge is 0.370 e. The van der Waals surface area contributed by atoms with Crippen LogP contribution in [0, 0.1) is 17.2 Å². The van der Waals surface area contributed by atoms with E-state index in [2.05, 4.69) is 11.1 Å². The number of hydrogen-bond donors (Lipinski definition) is 1. The van der Waals surface area contributed by atoms with Crippen molar-refractivity contribution >= 4 is 23.6 Å². The number of nitrogens with two attached hydrogens (primary N) is 1. The van der Waals surface area contributed by atoms with Crippen molar-refractivity contribution in [3.05, 3.63) is 46.2 Å². The third-order valence-corrected chi connectivity index (χ3v) is 4.68. The number of rotatable bonds is 5. The second kappa shape index (κ2) is 7.75. The molecule has 2 unspecified atom stereocenters. The molecule has 2 N–H and O–H groups in total. The molecule has 124 valence electrons. The molecule has 1 aromatic carbocycles. The number of nitriles is 1. The van der Waals surface area contributed by atoms with E-state index in [1.807, 2.05) is 50.7 Å². The third kappa shape index (κ3) is 4.00. The Morgan fingerprint density at radius 2 is 2.12 bits per heavy atom. The van der Waals surface area contributed by atoms with E-state index in [4.69, 9.17) is 11.0 Å². The minimum absolute atomic E-state index is 0.277. The van der Waals surface area contributed by atoms with Crippen molar-refractivity contribution in [3.63, 3.8) is 0 Å². The highest BCUT2D eigenvalue weighted by Crippen LogP contribution is 2.34. The zero-order valence-corrected chi connectivity index (χ0v) is 14.7. The molecule has 0 spiro atoms. The first-order valence-electron chi connectivity index (χ1n) is 7.51. The summed E-state index contributed by atoms with van der Waals surface area (Å²) in [5, 5.41) is 11.0. The smallest absolute Gasteiger partial charge is 0.191 e. The average Bonchev–Trinajstić information content (AvgIpc) is 3.08. The Morgan fingerprint density at radius 3 is 2.75 bits per heavy atom. The molecule has 0 aliphatic rings. The van der Waals surface area contributed by atoms with E-state index in [-0.39, 0.29) is 12.0 Å². The molecular formula is C18H20N4OS. The van der Waals surface area contributed by atoms with Crippen LogP contribution in [-0.2, 0) is 4.79 Å². The van der Waals surface area contributed by atoms with Gasteiger partial charge < -0.3 is 15.4 Å². The van der Waals surface area contributed by atoms with Crippen LogP contribution < -0.4 is 5.73 Å². The predicted octanol–water partition coefficient (Wildman–Crippen LogP) is 3.04. The SMILES string of the molecule is CC(C=O)C(N=C(N)N(C)C)c1cc(-c2cccc(C#N)c2)cs1. The van der Waals surface area contributed by atoms with Crippen molar-refractivity contribution in [2.75, 3.05) is 14.1 Å². The Morgan fingerprint density at radius 1 is 1.38 bits per heavy atom. The van der Waals surface area contributed by atoms with Crippen LogP contribution in [0.25, 0.3) is 11.1 Å². The van der Waals surface area contributed by atoms with Crippen LogP contribution in [0.2, 0.25) is 0 Å². The van der Waals surface area contributed by atoms with Gasteiger partial charge in [0.05, 0.1) is 17.7 Å². The summed E-state index contributed by atoms with van der Waals surface area (Å²) in [5.41, 5.74) is 8.53. The fourth-order valence-corrected chi connectivity index (χ4v) is 3.27. The Bertz CT molecular complexity index is 788. The number of hydrogen-bond acceptors (Lipinski definition) is 4. The minimum Gasteiger partial charge on any atom is -0.370 e. The quantitative estimate of drug-likeness (QED) is 0.515. The van der Waals surface area contributed by atoms with E-state index in [0.29, 0.717) is 11.5 Å². The number of guanidine groups is 1. The van der Waals surface area contributed by atoms with Gasteiger partial charge in [0.2, 0.25) is 0 Å². The number of thiophene rings is 1. The van der Waals surface area contributed by atoms with E-state index in [1.54, 1.807) is 22.3 Å². The molecular weight excluding hydrogens is 320 g/mol. The molecule has 0 aliphatic heterocycles. The first kappa shape index (κ1) is 17.7. The van der Waals surface area contributed by atoms with Gasteiger partial charge in [-0.2, -0.15) is 5.26 Å². The lowest BCUT2D eigenvalue weighted by atomic mass is 10.0. The predicted molar refractivity (Wildman–Crippen MR) is 97.7 cm³/mol. The maximum Gasteiger partial charge on any atom is 0.191 e. The van der Waals surface area contributed by atoms with Crippen molar-refractivity contribution in [3.8, 4) is 17.2 Å². The Labute approximate surface area is 146 Å². The molecule has 1 aromatic heterocycles. The van der Waals surface area contributed by atoms with Gasteiger partial charge in [0.1, 0.15) is 6.29 Å². The molecule has 5 nitrogen and oxygen atoms in total. The number of carbonyl (C=O) groups is 1. The molecule has 2 atom stereocenters. The number of aliphatic imine (C=N–C) groups is 1. The number of aldehydes is 1. The van der Waals surface area contributed by atoms with Crippen LogP contribution in [-0.4, -0.2) is 31.2 Å². The van der Waals surface area contributed by atoms with Crippen molar-refractivity contribution in [2.24, 2.45) is 16.6 Å². The zero-order valence-electron chi connectivity index (χ0n) is 13.9. The van der Waals surface area contributed by atoms with Gasteiger partial charge in [-0.1, -0.05) is 19.1 Å². The van der Waals surface area contributed by atoms with Crippen LogP contribution in [0.15, 0.2) is 40.7 Å². The van der Waals surface area contributed by atoms with Gasteiger partial charge in [-0.3, -0.25) is 0 Å². The fraction of sp³-hybridized carbons (Fsp3) is 0.278. The molecule has 24 heavy (non-hydrogen) atoms. The lowest BCUT2D eigenvalue weighted by molar-refractivity contribution is -0.111. The highest BCUT2D eigenvalue weighted by Gasteiger charge is 2.21. The maximum atomic E-state index is 11.3. The summed E-state index contributed by atoms with van der Waals surface area (Å²) >= 11 is 1.54. The molecule has 0 saturated carbocycles. The van der Waals surface area contributed by atoms with Crippen LogP contribution >= 0.6 is 11.3 Å². The molecule has 0 radical (unpaired) electrons. The molecule has 0 amide bonds. The van der Waals surface area contributed by atoms with Crippen molar-refractivity contribution in [2.45, 2.75) is 13.0 Å². The van der Waals surface area contributed by atoms with E-state index >= 15 is 0 Å². The Hall–Kier alpha value is -2.65. The van der Waals surface area contributed by atoms with E-state index in [0.717, 1.165) is 22.3 Å². The van der Waals surface area contributed by atoms with Crippen LogP contribution in [0.4, 0.5) is 0 Å². The lowest BCUT2D eigenvalue weighted by Crippen LogP contribution is -2.31. The maximum absolute atomic E-state index is 11.3. The Kier molecular flexibility index (Phi) is 5.72. The molecule has 2 rings (SSSR count). The monoisotopic (exact) mass is 340 g/mol. The summed E-state index contributed by atoms with van der Waals surface area (Å²) in [6, 6.07) is 11.3. The van der Waals surface area contributed by atoms with Crippen molar-refractivity contribution < 1.29 is 4.79 Å². The summed E-state index contributed by atoms with van der Waals surface area (Å²) in [4.78, 5) is 18.5. The van der Waals surface area contributed by atoms with Crippen LogP contribution in [0.3, 0.4) is 0 Å². The molecule has 0 aliphatic carbocycles. The standard InChI is InChI=1S/C18H20N4OS/c1-12(10-23)17(21-18(20)22(2)3)16-8-15(11-24-16)14-6-4-5-13(7-14)9-19/h4-8,10-12,17H,1-3H3,(H2,20,21). The highest BCUT2D eigenvalue weighted by atomic mass is 32.1. The molecule has 6 heteroatoms. The minimum atomic E-state index is -0.317. The Balaban J connectivity index is 2.39. The summed E-state index contributed by atoms with van der Waals surface area (Å²) in [7, 11) is 3.63. The van der Waals surface area contributed by atoms with Crippen LogP contribution in [0.5, 0.6) is 0 Å². The van der Waals surface area contributed by atoms with Crippen molar-refractivity contribution in [1.29, 1.82) is 5.26 Å². The second-order valence-electron chi connectivity index (χ2n) is 5.75. The molecule has 0 saturated heterocycles. The van der Waals surface area contributed by atoms with Gasteiger partial charge in [0, 0.05) is 24.9 Å². The first-order chi connectivity index (χ1) is 11.5. The van der Waals surface area contributed by atoms with Gasteiger partial charge >= 0.3 is 0 Å². The number of carbonyl (C=O) groups excluding carboxylic acids is 1. The summed E-state index contributed by atoms with van der Waals surface area (Å²) < 4.78 is 0. The molecule has 2 aromatic rings. The lowest BCUT2D eigenvalue weighted by Gasteiger charge is -2.18. The molecule has 0 fully saturated rings. The normalized spacial score (nSPS) is 13.8. The van der Waals surface area contributed by atoms with Gasteiger partial charge in [0.25, 0.3) is 0 Å². The first-order valence-corrected chi connectivity index (χ1v) is 8.39. The summed E-state index contributed by atoms with van der Waals surface area (Å²) in [6.45, 7) is 1.83. The summed E-state index contributed by atoms with van der Waals surface area (Å²) in [6.07, 6.45) is 0.896.